The van der Waals surface area contributed by atoms with E-state index in [-0.39, 0.29) is 18.8 Å². The molecule has 0 aliphatic heterocycles. The van der Waals surface area contributed by atoms with Gasteiger partial charge in [-0.1, -0.05) is 0 Å². The van der Waals surface area contributed by atoms with Crippen LogP contribution in [0.15, 0.2) is 12.2 Å². The van der Waals surface area contributed by atoms with E-state index in [0.29, 0.717) is 0 Å². The molecule has 0 aromatic carbocycles. The van der Waals surface area contributed by atoms with Crippen LogP contribution in [-0.4, -0.2) is 49.1 Å². The third kappa shape index (κ3) is 9.80. The molecule has 0 saturated carbocycles. The van der Waals surface area contributed by atoms with Gasteiger partial charge in [-0.25, -0.2) is 9.59 Å². The lowest BCUT2D eigenvalue weighted by Gasteiger charge is -2.21. The van der Waals surface area contributed by atoms with Crippen LogP contribution in [0.3, 0.4) is 0 Å². The summed E-state index contributed by atoms with van der Waals surface area (Å²) < 4.78 is 14.3. The second-order valence-electron chi connectivity index (χ2n) is 4.56. The zero-order valence-electron chi connectivity index (χ0n) is 11.1. The van der Waals surface area contributed by atoms with E-state index in [4.69, 9.17) is 9.47 Å². The number of carbonyl (C=O) groups excluding carboxylic acids is 2. The average molecular weight is 260 g/mol. The number of ether oxygens (including phenoxy) is 3. The molecule has 6 heteroatoms. The minimum absolute atomic E-state index is 0.0670. The van der Waals surface area contributed by atoms with Crippen molar-refractivity contribution in [2.24, 2.45) is 0 Å². The molecule has 6 nitrogen and oxygen atoms in total. The van der Waals surface area contributed by atoms with Crippen molar-refractivity contribution in [3.63, 3.8) is 0 Å². The van der Waals surface area contributed by atoms with Gasteiger partial charge in [0.2, 0.25) is 0 Å². The van der Waals surface area contributed by atoms with Gasteiger partial charge < -0.3 is 19.3 Å². The summed E-state index contributed by atoms with van der Waals surface area (Å²) in [6.07, 6.45) is 0.975. The molecule has 1 unspecified atom stereocenters. The van der Waals surface area contributed by atoms with Crippen molar-refractivity contribution in [1.29, 1.82) is 0 Å². The van der Waals surface area contributed by atoms with Crippen LogP contribution in [0.5, 0.6) is 0 Å². The Balaban J connectivity index is 3.85. The van der Waals surface area contributed by atoms with Gasteiger partial charge in [0.1, 0.15) is 12.7 Å². The maximum atomic E-state index is 11.1. The van der Waals surface area contributed by atoms with Gasteiger partial charge in [0.25, 0.3) is 0 Å². The van der Waals surface area contributed by atoms with E-state index >= 15 is 0 Å². The predicted octanol–water partition coefficient (Wildman–Crippen LogP) is 0.435. The molecule has 0 fully saturated rings. The Labute approximate surface area is 107 Å². The van der Waals surface area contributed by atoms with Crippen LogP contribution in [0.25, 0.3) is 0 Å². The highest BCUT2D eigenvalue weighted by Crippen LogP contribution is 2.07. The highest BCUT2D eigenvalue weighted by molar-refractivity contribution is 5.91. The number of aliphatic hydroxyl groups is 1. The summed E-state index contributed by atoms with van der Waals surface area (Å²) >= 11 is 0. The minimum atomic E-state index is -0.903. The van der Waals surface area contributed by atoms with Gasteiger partial charge in [-0.05, 0) is 20.8 Å². The highest BCUT2D eigenvalue weighted by atomic mass is 16.6. The summed E-state index contributed by atoms with van der Waals surface area (Å²) in [7, 11) is 1.20. The molecule has 0 radical (unpaired) electrons. The Morgan fingerprint density at radius 3 is 2.22 bits per heavy atom. The Morgan fingerprint density at radius 1 is 1.17 bits per heavy atom. The van der Waals surface area contributed by atoms with Crippen LogP contribution < -0.4 is 0 Å². The zero-order valence-corrected chi connectivity index (χ0v) is 11.1. The molecule has 0 amide bonds. The van der Waals surface area contributed by atoms with Gasteiger partial charge in [0.05, 0.1) is 19.3 Å². The van der Waals surface area contributed by atoms with Crippen molar-refractivity contribution >= 4 is 11.9 Å². The van der Waals surface area contributed by atoms with E-state index in [1.54, 1.807) is 0 Å². The summed E-state index contributed by atoms with van der Waals surface area (Å²) in [4.78, 5) is 21.8. The van der Waals surface area contributed by atoms with Crippen molar-refractivity contribution in [1.82, 2.24) is 0 Å². The lowest BCUT2D eigenvalue weighted by molar-refractivity contribution is -0.144. The standard InChI is InChI=1S/C12H20O6/c1-12(2,3)18-8-9(13)7-17-11(15)6-5-10(14)16-4/h5-6,9,13H,7-8H2,1-4H3/b6-5+. The fraction of sp³-hybridized carbons (Fsp3) is 0.667. The molecule has 1 atom stereocenters. The SMILES string of the molecule is COC(=O)/C=C/C(=O)OCC(O)COC(C)(C)C. The number of methoxy groups -OCH3 is 1. The van der Waals surface area contributed by atoms with Gasteiger partial charge in [-0.15, -0.1) is 0 Å². The first kappa shape index (κ1) is 16.6. The zero-order chi connectivity index (χ0) is 14.2. The van der Waals surface area contributed by atoms with Crippen molar-refractivity contribution in [2.45, 2.75) is 32.5 Å². The van der Waals surface area contributed by atoms with Gasteiger partial charge in [0.15, 0.2) is 0 Å². The largest absolute Gasteiger partial charge is 0.466 e. The molecule has 1 N–H and O–H groups in total. The van der Waals surface area contributed by atoms with Gasteiger partial charge >= 0.3 is 11.9 Å². The number of rotatable bonds is 6. The highest BCUT2D eigenvalue weighted by Gasteiger charge is 2.14. The predicted molar refractivity (Wildman–Crippen MR) is 63.8 cm³/mol. The molecule has 0 aromatic heterocycles. The molecule has 0 heterocycles. The summed E-state index contributed by atoms with van der Waals surface area (Å²) in [5, 5.41) is 9.47. The van der Waals surface area contributed by atoms with Crippen LogP contribution in [0.1, 0.15) is 20.8 Å². The molecule has 0 rings (SSSR count). The lowest BCUT2D eigenvalue weighted by Crippen LogP contribution is -2.29. The van der Waals surface area contributed by atoms with Crippen molar-refractivity contribution in [2.75, 3.05) is 20.3 Å². The quantitative estimate of drug-likeness (QED) is 0.551. The van der Waals surface area contributed by atoms with E-state index in [1.807, 2.05) is 20.8 Å². The summed E-state index contributed by atoms with van der Waals surface area (Å²) in [5.41, 5.74) is -0.365. The Bertz CT molecular complexity index is 302. The van der Waals surface area contributed by atoms with Crippen molar-refractivity contribution in [3.8, 4) is 0 Å². The molecule has 104 valence electrons. The van der Waals surface area contributed by atoms with Crippen LogP contribution in [-0.2, 0) is 23.8 Å². The number of esters is 2. The maximum absolute atomic E-state index is 11.1. The van der Waals surface area contributed by atoms with Crippen LogP contribution in [0.4, 0.5) is 0 Å². The van der Waals surface area contributed by atoms with Gasteiger partial charge in [-0.2, -0.15) is 0 Å². The molecule has 0 saturated heterocycles. The summed E-state index contributed by atoms with van der Waals surface area (Å²) in [5.74, 6) is -1.38. The third-order valence-electron chi connectivity index (χ3n) is 1.68. The molecule has 0 aliphatic rings. The smallest absolute Gasteiger partial charge is 0.331 e. The Kier molecular flexibility index (Phi) is 7.23. The van der Waals surface area contributed by atoms with E-state index in [9.17, 15) is 14.7 Å². The maximum Gasteiger partial charge on any atom is 0.331 e. The molecule has 0 aliphatic carbocycles. The molecule has 18 heavy (non-hydrogen) atoms. The first-order valence-corrected chi connectivity index (χ1v) is 5.49. The number of hydrogen-bond acceptors (Lipinski definition) is 6. The number of hydrogen-bond donors (Lipinski definition) is 1. The Morgan fingerprint density at radius 2 is 1.72 bits per heavy atom. The van der Waals surface area contributed by atoms with Crippen molar-refractivity contribution in [3.05, 3.63) is 12.2 Å². The molecular formula is C12H20O6. The fourth-order valence-corrected chi connectivity index (χ4v) is 0.825. The number of carbonyl (C=O) groups is 2. The second-order valence-corrected chi connectivity index (χ2v) is 4.56. The monoisotopic (exact) mass is 260 g/mol. The van der Waals surface area contributed by atoms with Gasteiger partial charge in [0, 0.05) is 12.2 Å². The lowest BCUT2D eigenvalue weighted by atomic mass is 10.2. The summed E-state index contributed by atoms with van der Waals surface area (Å²) in [6, 6.07) is 0. The van der Waals surface area contributed by atoms with Crippen molar-refractivity contribution < 1.29 is 28.9 Å². The topological polar surface area (TPSA) is 82.1 Å². The number of aliphatic hydroxyl groups excluding tert-OH is 1. The van der Waals surface area contributed by atoms with E-state index in [0.717, 1.165) is 12.2 Å². The normalized spacial score (nSPS) is 13.4. The molecule has 0 bridgehead atoms. The van der Waals surface area contributed by atoms with E-state index in [2.05, 4.69) is 4.74 Å². The van der Waals surface area contributed by atoms with Gasteiger partial charge in [-0.3, -0.25) is 0 Å². The Hall–Kier alpha value is -1.40. The summed E-state index contributed by atoms with van der Waals surface area (Å²) in [6.45, 7) is 5.43. The molecule has 0 aromatic rings. The fourth-order valence-electron chi connectivity index (χ4n) is 0.825. The average Bonchev–Trinajstić information content (AvgIpc) is 2.29. The molecule has 0 spiro atoms. The first-order valence-electron chi connectivity index (χ1n) is 5.49. The van der Waals surface area contributed by atoms with E-state index < -0.39 is 18.0 Å². The van der Waals surface area contributed by atoms with E-state index in [1.165, 1.54) is 7.11 Å². The van der Waals surface area contributed by atoms with Crippen LogP contribution in [0, 0.1) is 0 Å². The molecular weight excluding hydrogens is 240 g/mol. The minimum Gasteiger partial charge on any atom is -0.466 e. The third-order valence-corrected chi connectivity index (χ3v) is 1.68. The second kappa shape index (κ2) is 7.84. The van der Waals surface area contributed by atoms with Crippen LogP contribution >= 0.6 is 0 Å². The van der Waals surface area contributed by atoms with Crippen LogP contribution in [0.2, 0.25) is 0 Å². The first-order chi connectivity index (χ1) is 8.24.